The molecule has 1 heterocycles. The molecule has 0 aliphatic carbocycles. The Bertz CT molecular complexity index is 716. The SMILES string of the molecule is O=C(CSCc1ccccc1)Nc1ccc2c(c1)CCC(=O)N2. The average Bonchev–Trinajstić information content (AvgIpc) is 2.56. The average molecular weight is 326 g/mol. The van der Waals surface area contributed by atoms with E-state index in [0.717, 1.165) is 22.7 Å². The van der Waals surface area contributed by atoms with Gasteiger partial charge in [0.15, 0.2) is 0 Å². The molecule has 0 bridgehead atoms. The first-order chi connectivity index (χ1) is 11.2. The van der Waals surface area contributed by atoms with E-state index in [4.69, 9.17) is 0 Å². The van der Waals surface area contributed by atoms with Gasteiger partial charge in [-0.3, -0.25) is 9.59 Å². The van der Waals surface area contributed by atoms with E-state index in [1.807, 2.05) is 36.4 Å². The van der Waals surface area contributed by atoms with Crippen molar-refractivity contribution in [1.82, 2.24) is 0 Å². The predicted molar refractivity (Wildman–Crippen MR) is 94.6 cm³/mol. The van der Waals surface area contributed by atoms with Crippen molar-refractivity contribution in [3.63, 3.8) is 0 Å². The number of carbonyl (C=O) groups is 2. The van der Waals surface area contributed by atoms with E-state index < -0.39 is 0 Å². The fourth-order valence-electron chi connectivity index (χ4n) is 2.49. The fourth-order valence-corrected chi connectivity index (χ4v) is 3.28. The Labute approximate surface area is 139 Å². The van der Waals surface area contributed by atoms with E-state index in [2.05, 4.69) is 22.8 Å². The molecule has 2 aromatic carbocycles. The third kappa shape index (κ3) is 4.36. The first kappa shape index (κ1) is 15.6. The Balaban J connectivity index is 1.51. The minimum atomic E-state index is -0.00859. The molecule has 118 valence electrons. The van der Waals surface area contributed by atoms with Crippen LogP contribution in [0.4, 0.5) is 11.4 Å². The molecular weight excluding hydrogens is 308 g/mol. The minimum Gasteiger partial charge on any atom is -0.326 e. The lowest BCUT2D eigenvalue weighted by Gasteiger charge is -2.17. The quantitative estimate of drug-likeness (QED) is 0.885. The number of benzene rings is 2. The first-order valence-electron chi connectivity index (χ1n) is 7.55. The molecule has 2 amide bonds. The van der Waals surface area contributed by atoms with Gasteiger partial charge in [-0.15, -0.1) is 11.8 Å². The molecule has 2 N–H and O–H groups in total. The molecule has 0 unspecified atom stereocenters. The maximum absolute atomic E-state index is 12.0. The topological polar surface area (TPSA) is 58.2 Å². The van der Waals surface area contributed by atoms with Crippen LogP contribution in [0.5, 0.6) is 0 Å². The van der Waals surface area contributed by atoms with Crippen LogP contribution in [-0.2, 0) is 21.8 Å². The number of thioether (sulfide) groups is 1. The molecule has 23 heavy (non-hydrogen) atoms. The second kappa shape index (κ2) is 7.33. The molecule has 0 aromatic heterocycles. The second-order valence-electron chi connectivity index (χ2n) is 5.45. The van der Waals surface area contributed by atoms with Crippen molar-refractivity contribution in [1.29, 1.82) is 0 Å². The number of rotatable bonds is 5. The maximum atomic E-state index is 12.0. The zero-order valence-electron chi connectivity index (χ0n) is 12.7. The summed E-state index contributed by atoms with van der Waals surface area (Å²) >= 11 is 1.59. The van der Waals surface area contributed by atoms with E-state index >= 15 is 0 Å². The molecule has 1 aliphatic heterocycles. The largest absolute Gasteiger partial charge is 0.326 e. The van der Waals surface area contributed by atoms with Crippen molar-refractivity contribution >= 4 is 35.0 Å². The van der Waals surface area contributed by atoms with Gasteiger partial charge in [0.2, 0.25) is 11.8 Å². The Kier molecular flexibility index (Phi) is 4.98. The Morgan fingerprint density at radius 1 is 1.13 bits per heavy atom. The highest BCUT2D eigenvalue weighted by atomic mass is 32.2. The normalized spacial score (nSPS) is 13.1. The Hall–Kier alpha value is -2.27. The summed E-state index contributed by atoms with van der Waals surface area (Å²) in [6.45, 7) is 0. The molecule has 1 aliphatic rings. The number of fused-ring (bicyclic) bond motifs is 1. The van der Waals surface area contributed by atoms with Crippen LogP contribution in [-0.4, -0.2) is 17.6 Å². The number of hydrogen-bond donors (Lipinski definition) is 2. The Morgan fingerprint density at radius 3 is 2.78 bits per heavy atom. The minimum absolute atomic E-state index is 0.00859. The van der Waals surface area contributed by atoms with Crippen LogP contribution in [0.3, 0.4) is 0 Å². The third-order valence-corrected chi connectivity index (χ3v) is 4.63. The summed E-state index contributed by atoms with van der Waals surface area (Å²) in [5.41, 5.74) is 3.91. The van der Waals surface area contributed by atoms with Gasteiger partial charge in [0.1, 0.15) is 0 Å². The molecule has 5 heteroatoms. The van der Waals surface area contributed by atoms with Crippen molar-refractivity contribution in [3.05, 3.63) is 59.7 Å². The zero-order chi connectivity index (χ0) is 16.1. The highest BCUT2D eigenvalue weighted by Gasteiger charge is 2.15. The van der Waals surface area contributed by atoms with Gasteiger partial charge >= 0.3 is 0 Å². The van der Waals surface area contributed by atoms with Crippen LogP contribution in [0.1, 0.15) is 17.5 Å². The highest BCUT2D eigenvalue weighted by Crippen LogP contribution is 2.25. The van der Waals surface area contributed by atoms with Crippen LogP contribution in [0.15, 0.2) is 48.5 Å². The summed E-state index contributed by atoms with van der Waals surface area (Å²) in [5.74, 6) is 1.28. The monoisotopic (exact) mass is 326 g/mol. The van der Waals surface area contributed by atoms with Crippen LogP contribution in [0.2, 0.25) is 0 Å². The van der Waals surface area contributed by atoms with E-state index in [-0.39, 0.29) is 11.8 Å². The van der Waals surface area contributed by atoms with Gasteiger partial charge in [0, 0.05) is 23.5 Å². The smallest absolute Gasteiger partial charge is 0.234 e. The van der Waals surface area contributed by atoms with Gasteiger partial charge in [0.25, 0.3) is 0 Å². The highest BCUT2D eigenvalue weighted by molar-refractivity contribution is 7.99. The molecule has 3 rings (SSSR count). The summed E-state index contributed by atoms with van der Waals surface area (Å²) in [6.07, 6.45) is 1.21. The number of nitrogens with one attached hydrogen (secondary N) is 2. The lowest BCUT2D eigenvalue weighted by Crippen LogP contribution is -2.19. The summed E-state index contributed by atoms with van der Waals surface area (Å²) in [4.78, 5) is 23.4. The van der Waals surface area contributed by atoms with Gasteiger partial charge in [-0.25, -0.2) is 0 Å². The molecule has 0 spiro atoms. The lowest BCUT2D eigenvalue weighted by atomic mass is 10.0. The number of carbonyl (C=O) groups excluding carboxylic acids is 2. The number of hydrogen-bond acceptors (Lipinski definition) is 3. The fraction of sp³-hybridized carbons (Fsp3) is 0.222. The molecule has 0 fully saturated rings. The number of amides is 2. The molecule has 0 saturated carbocycles. The first-order valence-corrected chi connectivity index (χ1v) is 8.70. The van der Waals surface area contributed by atoms with E-state index in [1.165, 1.54) is 5.56 Å². The van der Waals surface area contributed by atoms with Gasteiger partial charge in [-0.1, -0.05) is 30.3 Å². The van der Waals surface area contributed by atoms with Crippen molar-refractivity contribution in [3.8, 4) is 0 Å². The summed E-state index contributed by atoms with van der Waals surface area (Å²) in [5, 5.41) is 5.75. The summed E-state index contributed by atoms with van der Waals surface area (Å²) in [6, 6.07) is 15.7. The van der Waals surface area contributed by atoms with Crippen LogP contribution < -0.4 is 10.6 Å². The van der Waals surface area contributed by atoms with Crippen LogP contribution in [0, 0.1) is 0 Å². The number of anilines is 2. The zero-order valence-corrected chi connectivity index (χ0v) is 13.5. The van der Waals surface area contributed by atoms with Gasteiger partial charge in [0.05, 0.1) is 5.75 Å². The molecule has 0 radical (unpaired) electrons. The third-order valence-electron chi connectivity index (χ3n) is 3.63. The van der Waals surface area contributed by atoms with Crippen LogP contribution >= 0.6 is 11.8 Å². The predicted octanol–water partition coefficient (Wildman–Crippen LogP) is 3.44. The molecule has 2 aromatic rings. The van der Waals surface area contributed by atoms with Crippen molar-refractivity contribution in [2.75, 3.05) is 16.4 Å². The molecule has 0 atom stereocenters. The maximum Gasteiger partial charge on any atom is 0.234 e. The van der Waals surface area contributed by atoms with Gasteiger partial charge < -0.3 is 10.6 Å². The van der Waals surface area contributed by atoms with Gasteiger partial charge in [-0.2, -0.15) is 0 Å². The molecular formula is C18H18N2O2S. The van der Waals surface area contributed by atoms with Crippen LogP contribution in [0.25, 0.3) is 0 Å². The standard InChI is InChI=1S/C18H18N2O2S/c21-17-9-6-14-10-15(7-8-16(14)20-17)19-18(22)12-23-11-13-4-2-1-3-5-13/h1-5,7-8,10H,6,9,11-12H2,(H,19,22)(H,20,21). The second-order valence-corrected chi connectivity index (χ2v) is 6.43. The molecule has 4 nitrogen and oxygen atoms in total. The summed E-state index contributed by atoms with van der Waals surface area (Å²) < 4.78 is 0. The van der Waals surface area contributed by atoms with Crippen molar-refractivity contribution < 1.29 is 9.59 Å². The molecule has 0 saturated heterocycles. The van der Waals surface area contributed by atoms with E-state index in [0.29, 0.717) is 18.6 Å². The lowest BCUT2D eigenvalue weighted by molar-refractivity contribution is -0.116. The van der Waals surface area contributed by atoms with Crippen molar-refractivity contribution in [2.45, 2.75) is 18.6 Å². The van der Waals surface area contributed by atoms with Crippen molar-refractivity contribution in [2.24, 2.45) is 0 Å². The van der Waals surface area contributed by atoms with Gasteiger partial charge in [-0.05, 0) is 35.7 Å². The van der Waals surface area contributed by atoms with E-state index in [1.54, 1.807) is 11.8 Å². The van der Waals surface area contributed by atoms with E-state index in [9.17, 15) is 9.59 Å². The number of aryl methyl sites for hydroxylation is 1. The summed E-state index contributed by atoms with van der Waals surface area (Å²) in [7, 11) is 0. The Morgan fingerprint density at radius 2 is 1.96 bits per heavy atom.